The Bertz CT molecular complexity index is 416. The van der Waals surface area contributed by atoms with Crippen molar-refractivity contribution in [1.82, 2.24) is 0 Å². The normalized spacial score (nSPS) is 17.6. The molecule has 4 heteroatoms. The van der Waals surface area contributed by atoms with Crippen LogP contribution in [0, 0.1) is 5.92 Å². The molecule has 1 aromatic carbocycles. The minimum Gasteiger partial charge on any atom is -0.493 e. The molecule has 1 aliphatic rings. The van der Waals surface area contributed by atoms with Crippen LogP contribution in [0.5, 0.6) is 17.2 Å². The number of methoxy groups -OCH3 is 3. The van der Waals surface area contributed by atoms with Crippen LogP contribution < -0.4 is 19.9 Å². The standard InChI is InChI=1S/C16H25NO3/c1-18-13-9-12(10-14(19-2)16(13)20-3)15(17)11-7-5-4-6-8-11/h9-11,15H,4-8,17H2,1-3H3/t15-/m0/s1. The van der Waals surface area contributed by atoms with Gasteiger partial charge < -0.3 is 19.9 Å². The molecule has 20 heavy (non-hydrogen) atoms. The topological polar surface area (TPSA) is 53.7 Å². The summed E-state index contributed by atoms with van der Waals surface area (Å²) < 4.78 is 16.1. The van der Waals surface area contributed by atoms with Crippen LogP contribution in [0.3, 0.4) is 0 Å². The number of nitrogens with two attached hydrogens (primary N) is 1. The lowest BCUT2D eigenvalue weighted by Gasteiger charge is -2.28. The summed E-state index contributed by atoms with van der Waals surface area (Å²) in [6, 6.07) is 3.98. The minimum absolute atomic E-state index is 0.0315. The van der Waals surface area contributed by atoms with Gasteiger partial charge in [-0.2, -0.15) is 0 Å². The molecule has 2 N–H and O–H groups in total. The highest BCUT2D eigenvalue weighted by atomic mass is 16.5. The maximum atomic E-state index is 6.46. The van der Waals surface area contributed by atoms with Gasteiger partial charge >= 0.3 is 0 Å². The SMILES string of the molecule is COc1cc([C@@H](N)C2CCCCC2)cc(OC)c1OC. The van der Waals surface area contributed by atoms with Crippen LogP contribution in [-0.4, -0.2) is 21.3 Å². The Labute approximate surface area is 121 Å². The molecule has 1 aliphatic carbocycles. The monoisotopic (exact) mass is 279 g/mol. The van der Waals surface area contributed by atoms with Gasteiger partial charge in [0.25, 0.3) is 0 Å². The van der Waals surface area contributed by atoms with Crippen molar-refractivity contribution in [2.75, 3.05) is 21.3 Å². The molecule has 0 radical (unpaired) electrons. The summed E-state index contributed by atoms with van der Waals surface area (Å²) in [6.45, 7) is 0. The molecular formula is C16H25NO3. The van der Waals surface area contributed by atoms with Crippen LogP contribution >= 0.6 is 0 Å². The zero-order valence-electron chi connectivity index (χ0n) is 12.6. The zero-order valence-corrected chi connectivity index (χ0v) is 12.6. The van der Waals surface area contributed by atoms with Crippen molar-refractivity contribution in [3.05, 3.63) is 17.7 Å². The van der Waals surface area contributed by atoms with Crippen molar-refractivity contribution in [1.29, 1.82) is 0 Å². The third-order valence-electron chi connectivity index (χ3n) is 4.23. The van der Waals surface area contributed by atoms with Crippen molar-refractivity contribution in [2.45, 2.75) is 38.1 Å². The average molecular weight is 279 g/mol. The van der Waals surface area contributed by atoms with E-state index in [9.17, 15) is 0 Å². The highest BCUT2D eigenvalue weighted by Crippen LogP contribution is 2.42. The molecule has 1 atom stereocenters. The largest absolute Gasteiger partial charge is 0.493 e. The van der Waals surface area contributed by atoms with Crippen molar-refractivity contribution in [3.63, 3.8) is 0 Å². The molecule has 112 valence electrons. The average Bonchev–Trinajstić information content (AvgIpc) is 2.53. The van der Waals surface area contributed by atoms with Crippen LogP contribution in [0.2, 0.25) is 0 Å². The number of benzene rings is 1. The predicted molar refractivity (Wildman–Crippen MR) is 79.6 cm³/mol. The van der Waals surface area contributed by atoms with Gasteiger partial charge in [-0.15, -0.1) is 0 Å². The first-order valence-electron chi connectivity index (χ1n) is 7.26. The van der Waals surface area contributed by atoms with E-state index >= 15 is 0 Å². The Kier molecular flexibility index (Phi) is 5.12. The Morgan fingerprint density at radius 3 is 1.95 bits per heavy atom. The second-order valence-corrected chi connectivity index (χ2v) is 5.38. The van der Waals surface area contributed by atoms with Gasteiger partial charge in [0.05, 0.1) is 21.3 Å². The van der Waals surface area contributed by atoms with E-state index in [4.69, 9.17) is 19.9 Å². The van der Waals surface area contributed by atoms with E-state index in [0.29, 0.717) is 23.2 Å². The Morgan fingerprint density at radius 1 is 0.950 bits per heavy atom. The molecular weight excluding hydrogens is 254 g/mol. The van der Waals surface area contributed by atoms with Gasteiger partial charge in [0.15, 0.2) is 11.5 Å². The van der Waals surface area contributed by atoms with E-state index < -0.39 is 0 Å². The van der Waals surface area contributed by atoms with E-state index in [1.807, 2.05) is 12.1 Å². The van der Waals surface area contributed by atoms with E-state index in [2.05, 4.69) is 0 Å². The van der Waals surface area contributed by atoms with Crippen molar-refractivity contribution < 1.29 is 14.2 Å². The number of hydrogen-bond donors (Lipinski definition) is 1. The highest BCUT2D eigenvalue weighted by Gasteiger charge is 2.24. The second-order valence-electron chi connectivity index (χ2n) is 5.38. The highest BCUT2D eigenvalue weighted by molar-refractivity contribution is 5.54. The van der Waals surface area contributed by atoms with Crippen LogP contribution in [0.25, 0.3) is 0 Å². The summed E-state index contributed by atoms with van der Waals surface area (Å²) in [6.07, 6.45) is 6.31. The smallest absolute Gasteiger partial charge is 0.203 e. The summed E-state index contributed by atoms with van der Waals surface area (Å²) in [7, 11) is 4.88. The van der Waals surface area contributed by atoms with E-state index in [1.54, 1.807) is 21.3 Å². The van der Waals surface area contributed by atoms with E-state index in [-0.39, 0.29) is 6.04 Å². The molecule has 0 aliphatic heterocycles. The third kappa shape index (κ3) is 3.01. The molecule has 0 saturated heterocycles. The van der Waals surface area contributed by atoms with Crippen LogP contribution in [-0.2, 0) is 0 Å². The Morgan fingerprint density at radius 2 is 1.50 bits per heavy atom. The summed E-state index contributed by atoms with van der Waals surface area (Å²) >= 11 is 0. The lowest BCUT2D eigenvalue weighted by molar-refractivity contribution is 0.302. The molecule has 0 unspecified atom stereocenters. The molecule has 4 nitrogen and oxygen atoms in total. The van der Waals surface area contributed by atoms with Crippen LogP contribution in [0.15, 0.2) is 12.1 Å². The Balaban J connectivity index is 2.30. The molecule has 1 aromatic rings. The van der Waals surface area contributed by atoms with Gasteiger partial charge in [-0.1, -0.05) is 19.3 Å². The molecule has 0 aromatic heterocycles. The van der Waals surface area contributed by atoms with Crippen molar-refractivity contribution in [3.8, 4) is 17.2 Å². The van der Waals surface area contributed by atoms with Gasteiger partial charge in [-0.3, -0.25) is 0 Å². The number of hydrogen-bond acceptors (Lipinski definition) is 4. The lowest BCUT2D eigenvalue weighted by Crippen LogP contribution is -2.23. The van der Waals surface area contributed by atoms with Gasteiger partial charge in [0, 0.05) is 6.04 Å². The van der Waals surface area contributed by atoms with Gasteiger partial charge in [0.2, 0.25) is 5.75 Å². The summed E-state index contributed by atoms with van der Waals surface area (Å²) in [5.74, 6) is 2.52. The third-order valence-corrected chi connectivity index (χ3v) is 4.23. The molecule has 2 rings (SSSR count). The van der Waals surface area contributed by atoms with E-state index in [1.165, 1.54) is 32.1 Å². The summed E-state index contributed by atoms with van der Waals surface area (Å²) in [5.41, 5.74) is 7.52. The molecule has 0 heterocycles. The number of rotatable bonds is 5. The Hall–Kier alpha value is -1.42. The van der Waals surface area contributed by atoms with Crippen molar-refractivity contribution >= 4 is 0 Å². The fourth-order valence-corrected chi connectivity index (χ4v) is 3.06. The molecule has 0 spiro atoms. The summed E-state index contributed by atoms with van der Waals surface area (Å²) in [5, 5.41) is 0. The fourth-order valence-electron chi connectivity index (χ4n) is 3.06. The molecule has 1 fully saturated rings. The predicted octanol–water partition coefficient (Wildman–Crippen LogP) is 3.29. The molecule has 0 amide bonds. The first-order chi connectivity index (χ1) is 9.71. The number of ether oxygens (including phenoxy) is 3. The lowest BCUT2D eigenvalue weighted by atomic mass is 9.81. The first kappa shape index (κ1) is 15.0. The maximum Gasteiger partial charge on any atom is 0.203 e. The maximum absolute atomic E-state index is 6.46. The molecule has 0 bridgehead atoms. The van der Waals surface area contributed by atoms with Crippen LogP contribution in [0.1, 0.15) is 43.7 Å². The fraction of sp³-hybridized carbons (Fsp3) is 0.625. The first-order valence-corrected chi connectivity index (χ1v) is 7.26. The van der Waals surface area contributed by atoms with Crippen LogP contribution in [0.4, 0.5) is 0 Å². The van der Waals surface area contributed by atoms with E-state index in [0.717, 1.165) is 5.56 Å². The van der Waals surface area contributed by atoms with Gasteiger partial charge in [-0.25, -0.2) is 0 Å². The quantitative estimate of drug-likeness (QED) is 0.898. The second kappa shape index (κ2) is 6.84. The summed E-state index contributed by atoms with van der Waals surface area (Å²) in [4.78, 5) is 0. The van der Waals surface area contributed by atoms with Gasteiger partial charge in [0.1, 0.15) is 0 Å². The zero-order chi connectivity index (χ0) is 14.5. The van der Waals surface area contributed by atoms with Crippen molar-refractivity contribution in [2.24, 2.45) is 11.7 Å². The molecule has 1 saturated carbocycles. The minimum atomic E-state index is 0.0315. The van der Waals surface area contributed by atoms with Gasteiger partial charge in [-0.05, 0) is 36.5 Å².